The van der Waals surface area contributed by atoms with Crippen molar-refractivity contribution in [3.8, 4) is 0 Å². The highest BCUT2D eigenvalue weighted by atomic mass is 31.2. The van der Waals surface area contributed by atoms with E-state index in [1.54, 1.807) is 13.8 Å². The molecule has 2 saturated heterocycles. The fraction of sp³-hybridized carbons (Fsp3) is 0.778. The van der Waals surface area contributed by atoms with E-state index < -0.39 is 124 Å². The van der Waals surface area contributed by atoms with Crippen LogP contribution in [0.25, 0.3) is 0 Å². The van der Waals surface area contributed by atoms with Crippen LogP contribution in [0.5, 0.6) is 0 Å². The number of carbonyl (C=O) groups excluding carboxylic acids is 3. The number of carboxylic acids is 1. The first-order chi connectivity index (χ1) is 23.4. The van der Waals surface area contributed by atoms with E-state index in [4.69, 9.17) is 24.3 Å². The summed E-state index contributed by atoms with van der Waals surface area (Å²) in [7, 11) is -5.61. The molecule has 3 heterocycles. The summed E-state index contributed by atoms with van der Waals surface area (Å²) in [4.78, 5) is 67.9. The van der Waals surface area contributed by atoms with Crippen LogP contribution in [0.2, 0.25) is 0 Å². The van der Waals surface area contributed by atoms with Crippen LogP contribution in [0.15, 0.2) is 9.98 Å². The second-order valence-corrected chi connectivity index (χ2v) is 13.3. The zero-order chi connectivity index (χ0) is 37.6. The van der Waals surface area contributed by atoms with Crippen LogP contribution in [0.1, 0.15) is 46.0 Å². The van der Waals surface area contributed by atoms with Gasteiger partial charge in [0.25, 0.3) is 11.7 Å². The summed E-state index contributed by atoms with van der Waals surface area (Å²) in [5.74, 6) is -7.90. The molecule has 0 bridgehead atoms. The molecule has 23 heteroatoms. The number of phosphoric acid groups is 1. The van der Waals surface area contributed by atoms with Gasteiger partial charge in [-0.1, -0.05) is 20.3 Å². The maximum Gasteiger partial charge on any atom is 0.475 e. The molecule has 3 aliphatic heterocycles. The minimum atomic E-state index is -5.61. The van der Waals surface area contributed by atoms with Crippen molar-refractivity contribution < 1.29 is 82.9 Å². The fourth-order valence-electron chi connectivity index (χ4n) is 5.53. The number of nitrogens with zero attached hydrogens (tertiary/aromatic N) is 2. The zero-order valence-electron chi connectivity index (χ0n) is 27.0. The number of aliphatic hydroxyl groups is 6. The van der Waals surface area contributed by atoms with E-state index in [1.807, 2.05) is 0 Å². The minimum Gasteiger partial charge on any atom is -0.477 e. The van der Waals surface area contributed by atoms with Gasteiger partial charge in [-0.25, -0.2) is 13.9 Å². The molecule has 0 aromatic rings. The summed E-state index contributed by atoms with van der Waals surface area (Å²) in [6, 6.07) is -4.31. The van der Waals surface area contributed by atoms with E-state index in [-0.39, 0.29) is 18.7 Å². The Morgan fingerprint density at radius 3 is 2.44 bits per heavy atom. The van der Waals surface area contributed by atoms with Gasteiger partial charge in [0.2, 0.25) is 11.8 Å². The van der Waals surface area contributed by atoms with Gasteiger partial charge in [0.1, 0.15) is 54.6 Å². The zero-order valence-corrected chi connectivity index (χ0v) is 27.9. The average molecular weight is 742 g/mol. The fourth-order valence-corrected chi connectivity index (χ4v) is 6.48. The van der Waals surface area contributed by atoms with Gasteiger partial charge in [0.05, 0.1) is 31.6 Å². The highest BCUT2D eigenvalue weighted by Gasteiger charge is 2.59. The number of hydrogen-bond acceptors (Lipinski definition) is 17. The largest absolute Gasteiger partial charge is 0.477 e. The molecule has 50 heavy (non-hydrogen) atoms. The Morgan fingerprint density at radius 1 is 1.18 bits per heavy atom. The second-order valence-electron chi connectivity index (χ2n) is 11.9. The Kier molecular flexibility index (Phi) is 14.5. The monoisotopic (exact) mass is 741 g/mol. The lowest BCUT2D eigenvalue weighted by molar-refractivity contribution is -0.289. The summed E-state index contributed by atoms with van der Waals surface area (Å²) in [6.07, 6.45) is -14.2. The molecule has 3 aliphatic rings. The molecule has 3 rings (SSSR count). The molecule has 2 fully saturated rings. The predicted molar refractivity (Wildman–Crippen MR) is 165 cm³/mol. The van der Waals surface area contributed by atoms with Crippen molar-refractivity contribution in [2.45, 2.75) is 119 Å². The molecule has 0 radical (unpaired) electrons. The molecule has 0 aromatic heterocycles. The van der Waals surface area contributed by atoms with Crippen LogP contribution in [-0.4, -0.2) is 162 Å². The van der Waals surface area contributed by atoms with Crippen molar-refractivity contribution in [3.63, 3.8) is 0 Å². The highest BCUT2D eigenvalue weighted by molar-refractivity contribution is 7.47. The van der Waals surface area contributed by atoms with Gasteiger partial charge in [-0.05, 0) is 12.8 Å². The Balaban J connectivity index is 1.80. The number of nitrogens with one attached hydrogen (secondary N) is 2. The third-order valence-corrected chi connectivity index (χ3v) is 9.07. The number of amidine groups is 1. The van der Waals surface area contributed by atoms with Crippen LogP contribution in [0.3, 0.4) is 0 Å². The van der Waals surface area contributed by atoms with Crippen molar-refractivity contribution in [1.82, 2.24) is 10.6 Å². The number of phosphoric ester groups is 1. The first-order valence-electron chi connectivity index (χ1n) is 15.7. The van der Waals surface area contributed by atoms with Crippen molar-refractivity contribution in [3.05, 3.63) is 0 Å². The Labute approximate surface area is 284 Å². The van der Waals surface area contributed by atoms with Crippen molar-refractivity contribution in [1.29, 1.82) is 0 Å². The van der Waals surface area contributed by atoms with Crippen LogP contribution in [-0.2, 0) is 42.3 Å². The third-order valence-electron chi connectivity index (χ3n) is 8.07. The van der Waals surface area contributed by atoms with E-state index in [2.05, 4.69) is 20.6 Å². The second kappa shape index (κ2) is 17.5. The number of hydrogen-bond donors (Lipinski definition) is 11. The number of aliphatic imine (C=N–C) groups is 2. The summed E-state index contributed by atoms with van der Waals surface area (Å²) >= 11 is 0. The maximum absolute atomic E-state index is 13.2. The highest BCUT2D eigenvalue weighted by Crippen LogP contribution is 2.51. The third kappa shape index (κ3) is 9.86. The van der Waals surface area contributed by atoms with Crippen LogP contribution < -0.4 is 16.4 Å². The van der Waals surface area contributed by atoms with Gasteiger partial charge < -0.3 is 66.5 Å². The quantitative estimate of drug-likeness (QED) is 0.0623. The van der Waals surface area contributed by atoms with Crippen molar-refractivity contribution in [2.24, 2.45) is 15.7 Å². The van der Waals surface area contributed by atoms with Gasteiger partial charge in [0, 0.05) is 12.8 Å². The lowest BCUT2D eigenvalue weighted by Crippen LogP contribution is -2.68. The molecule has 0 aliphatic carbocycles. The van der Waals surface area contributed by atoms with Crippen molar-refractivity contribution in [2.75, 3.05) is 13.2 Å². The first-order valence-corrected chi connectivity index (χ1v) is 17.2. The Hall–Kier alpha value is -2.99. The summed E-state index contributed by atoms with van der Waals surface area (Å²) < 4.78 is 33.6. The number of nitrogens with two attached hydrogens (primary N) is 1. The predicted octanol–water partition coefficient (Wildman–Crippen LogP) is -4.84. The van der Waals surface area contributed by atoms with E-state index in [0.29, 0.717) is 12.8 Å². The van der Waals surface area contributed by atoms with Crippen LogP contribution in [0.4, 0.5) is 0 Å². The number of amides is 3. The van der Waals surface area contributed by atoms with E-state index in [9.17, 15) is 64.4 Å². The topological polar surface area (TPSA) is 359 Å². The summed E-state index contributed by atoms with van der Waals surface area (Å²) in [6.45, 7) is 1.30. The van der Waals surface area contributed by atoms with Gasteiger partial charge in [-0.2, -0.15) is 4.99 Å². The molecule has 284 valence electrons. The van der Waals surface area contributed by atoms with E-state index in [0.717, 1.165) is 6.21 Å². The van der Waals surface area contributed by atoms with Crippen molar-refractivity contribution >= 4 is 43.6 Å². The summed E-state index contributed by atoms with van der Waals surface area (Å²) in [5.41, 5.74) is 5.41. The van der Waals surface area contributed by atoms with E-state index >= 15 is 0 Å². The smallest absolute Gasteiger partial charge is 0.475 e. The first kappa shape index (κ1) is 41.4. The maximum atomic E-state index is 13.2. The number of carbonyl (C=O) groups is 4. The van der Waals surface area contributed by atoms with Gasteiger partial charge in [-0.15, -0.1) is 0 Å². The minimum absolute atomic E-state index is 0.0980. The average Bonchev–Trinajstić information content (AvgIpc) is 3.32. The van der Waals surface area contributed by atoms with E-state index in [1.165, 1.54) is 0 Å². The molecular weight excluding hydrogens is 697 g/mol. The lowest BCUT2D eigenvalue weighted by Gasteiger charge is -2.46. The van der Waals surface area contributed by atoms with Crippen LogP contribution in [0, 0.1) is 0 Å². The molecule has 22 nitrogen and oxygen atoms in total. The lowest BCUT2D eigenvalue weighted by atomic mass is 9.88. The molecule has 13 atom stereocenters. The Bertz CT molecular complexity index is 1350. The van der Waals surface area contributed by atoms with Gasteiger partial charge in [-0.3, -0.25) is 23.9 Å². The molecule has 9 unspecified atom stereocenters. The number of ether oxygens (including phenoxy) is 2. The SMILES string of the molecule is CCCC(=O)NC(CCC)C(=O)NC1C(O)CC(OP(=O)(O)OC[C@H]2O[C@@H](C3N=CC(N)=NC3=O)[C@H](O)[C@@H]2O)(C(=O)O)OC1C(O)C(O)CO. The molecule has 0 spiro atoms. The normalized spacial score (nSPS) is 34.3. The number of carboxylic acid groups (broad SMARTS) is 1. The van der Waals surface area contributed by atoms with Gasteiger partial charge in [0.15, 0.2) is 6.04 Å². The molecule has 3 amide bonds. The molecule has 0 aromatic carbocycles. The molecule has 0 saturated carbocycles. The van der Waals surface area contributed by atoms with Gasteiger partial charge >= 0.3 is 13.8 Å². The molecule has 12 N–H and O–H groups in total. The summed E-state index contributed by atoms with van der Waals surface area (Å²) in [5, 5.41) is 77.3. The number of aliphatic hydroxyl groups excluding tert-OH is 6. The Morgan fingerprint density at radius 2 is 1.86 bits per heavy atom. The number of aliphatic carboxylic acids is 1. The standard InChI is InChI=1S/C27H44N5O17P/c1-3-5-11(30-16(36)6-4-2)24(40)32-17-12(34)7-27(26(42)43,48-23(17)19(37)13(35)9-33)49-50(44,45)46-10-14-20(38)21(39)22(47-14)18-25(41)31-15(28)8-29-18/h8,11-14,17-23,33-35,37-39H,3-7,9-10H2,1-2H3,(H,30,36)(H,32,40)(H,42,43)(H,44,45)(H2,28,31,41)/t11?,12?,13?,14-,17?,18?,19?,20-,21-,22+,23?,27?/m1/s1. The van der Waals surface area contributed by atoms with Crippen LogP contribution >= 0.6 is 7.82 Å². The number of rotatable bonds is 17. The molecular formula is C27H44N5O17P.